The molecule has 8 rings (SSSR count). The van der Waals surface area contributed by atoms with E-state index in [4.69, 9.17) is 14.4 Å². The maximum absolute atomic E-state index is 11.8. The molecular weight excluding hydrogens is 709 g/mol. The van der Waals surface area contributed by atoms with Gasteiger partial charge in [0, 0.05) is 28.3 Å². The van der Waals surface area contributed by atoms with Gasteiger partial charge in [-0.2, -0.15) is 0 Å². The first-order valence-electron chi connectivity index (χ1n) is 20.2. The maximum Gasteiger partial charge on any atom is 0.231 e. The second kappa shape index (κ2) is 14.9. The number of nitrogens with zero attached hydrogens (tertiary/aromatic N) is 2. The third-order valence-corrected chi connectivity index (χ3v) is 11.5. The average Bonchev–Trinajstić information content (AvgIpc) is 3.66. The lowest BCUT2D eigenvalue weighted by Crippen LogP contribution is -2.18. The minimum atomic E-state index is -0.291. The van der Waals surface area contributed by atoms with Gasteiger partial charge in [-0.05, 0) is 98.2 Å². The predicted octanol–water partition coefficient (Wildman–Crippen LogP) is 14.1. The van der Waals surface area contributed by atoms with Crippen molar-refractivity contribution in [2.24, 2.45) is 0 Å². The van der Waals surface area contributed by atoms with Gasteiger partial charge in [0.25, 0.3) is 0 Å². The summed E-state index contributed by atoms with van der Waals surface area (Å²) in [6, 6.07) is 51.3. The summed E-state index contributed by atoms with van der Waals surface area (Å²) in [6.45, 7) is 17.6. The Morgan fingerprint density at radius 2 is 1.19 bits per heavy atom. The lowest BCUT2D eigenvalue weighted by atomic mass is 9.78. The molecule has 0 bridgehead atoms. The van der Waals surface area contributed by atoms with Crippen molar-refractivity contribution in [1.82, 2.24) is 9.97 Å². The molecule has 0 atom stereocenters. The molecule has 4 nitrogen and oxygen atoms in total. The Kier molecular flexibility index (Phi) is 9.93. The smallest absolute Gasteiger partial charge is 0.231 e. The van der Waals surface area contributed by atoms with Crippen LogP contribution in [0.4, 0.5) is 0 Å². The van der Waals surface area contributed by atoms with E-state index in [9.17, 15) is 5.11 Å². The third-order valence-electron chi connectivity index (χ3n) is 11.5. The van der Waals surface area contributed by atoms with Gasteiger partial charge in [0.1, 0.15) is 11.3 Å². The first-order chi connectivity index (χ1) is 27.6. The zero-order valence-corrected chi connectivity index (χ0v) is 34.9. The van der Waals surface area contributed by atoms with Gasteiger partial charge in [-0.3, -0.25) is 4.98 Å². The van der Waals surface area contributed by atoms with Gasteiger partial charge < -0.3 is 9.52 Å². The number of para-hydroxylation sites is 1. The van der Waals surface area contributed by atoms with Crippen LogP contribution in [0.15, 0.2) is 156 Å². The van der Waals surface area contributed by atoms with E-state index < -0.39 is 0 Å². The molecule has 0 amide bonds. The largest absolute Gasteiger partial charge is 0.507 e. The minimum Gasteiger partial charge on any atom is -0.507 e. The summed E-state index contributed by atoms with van der Waals surface area (Å²) in [5, 5.41) is 11.8. The number of aromatic hydroxyl groups is 1. The quantitative estimate of drug-likeness (QED) is 0.168. The molecule has 0 saturated heterocycles. The molecule has 1 N–H and O–H groups in total. The summed E-state index contributed by atoms with van der Waals surface area (Å²) >= 11 is 0. The van der Waals surface area contributed by atoms with E-state index in [0.29, 0.717) is 17.0 Å². The molecule has 0 radical (unpaired) electrons. The highest BCUT2D eigenvalue weighted by atomic mass is 16.3. The van der Waals surface area contributed by atoms with E-state index in [1.165, 1.54) is 22.3 Å². The van der Waals surface area contributed by atoms with Crippen LogP contribution in [0.1, 0.15) is 88.8 Å². The lowest BCUT2D eigenvalue weighted by molar-refractivity contribution is 0.446. The fraction of sp³-hybridized carbons (Fsp3) is 0.222. The zero-order valence-electron chi connectivity index (χ0n) is 34.9. The highest BCUT2D eigenvalue weighted by Gasteiger charge is 2.26. The van der Waals surface area contributed by atoms with Crippen LogP contribution in [0.2, 0.25) is 0 Å². The van der Waals surface area contributed by atoms with E-state index in [0.717, 1.165) is 56.6 Å². The summed E-state index contributed by atoms with van der Waals surface area (Å²) in [7, 11) is 0. The highest BCUT2D eigenvalue weighted by Crippen LogP contribution is 2.43. The van der Waals surface area contributed by atoms with Crippen LogP contribution in [0.3, 0.4) is 0 Å². The number of rotatable bonds is 8. The maximum atomic E-state index is 11.8. The molecule has 290 valence electrons. The number of pyridine rings is 1. The molecule has 0 aliphatic heterocycles. The van der Waals surface area contributed by atoms with Crippen LogP contribution in [0.5, 0.6) is 5.75 Å². The number of oxazole rings is 1. The number of fused-ring (bicyclic) bond motifs is 1. The standard InChI is InChI=1S/C54H52N2O2/c1-52(2,3)43-32-39(31-40(33-43)47-34-38(26-27-55-47)37-22-24-42(25-23-37)54(7,8)41-18-13-10-14-19-41)44-20-15-21-48-49(44)56-51(58-48)45-29-36(28-35-16-11-9-12-17-35)30-46(50(45)57)53(4,5)6/h9-27,29-34,57H,28H2,1-8H3. The summed E-state index contributed by atoms with van der Waals surface area (Å²) in [5.74, 6) is 0.607. The van der Waals surface area contributed by atoms with Crippen molar-refractivity contribution in [1.29, 1.82) is 0 Å². The van der Waals surface area contributed by atoms with Crippen molar-refractivity contribution in [3.63, 3.8) is 0 Å². The Labute approximate surface area is 343 Å². The van der Waals surface area contributed by atoms with E-state index in [1.54, 1.807) is 0 Å². The summed E-state index contributed by atoms with van der Waals surface area (Å²) < 4.78 is 6.52. The van der Waals surface area contributed by atoms with Crippen molar-refractivity contribution >= 4 is 11.1 Å². The van der Waals surface area contributed by atoms with Crippen LogP contribution >= 0.6 is 0 Å². The molecular formula is C54H52N2O2. The van der Waals surface area contributed by atoms with Crippen molar-refractivity contribution < 1.29 is 9.52 Å². The molecule has 8 aromatic rings. The van der Waals surface area contributed by atoms with E-state index in [2.05, 4.69) is 177 Å². The van der Waals surface area contributed by atoms with Crippen molar-refractivity contribution in [2.75, 3.05) is 0 Å². The summed E-state index contributed by atoms with van der Waals surface area (Å²) in [4.78, 5) is 10.1. The second-order valence-corrected chi connectivity index (χ2v) is 18.2. The Bertz CT molecular complexity index is 2730. The summed E-state index contributed by atoms with van der Waals surface area (Å²) in [6.07, 6.45) is 2.64. The molecule has 0 spiro atoms. The van der Waals surface area contributed by atoms with Crippen LogP contribution in [0.25, 0.3) is 56.1 Å². The normalized spacial score (nSPS) is 12.3. The Balaban J connectivity index is 1.19. The Morgan fingerprint density at radius 3 is 1.88 bits per heavy atom. The molecule has 0 saturated carbocycles. The van der Waals surface area contributed by atoms with Crippen LogP contribution in [-0.2, 0) is 22.7 Å². The van der Waals surface area contributed by atoms with Gasteiger partial charge in [0.05, 0.1) is 11.3 Å². The van der Waals surface area contributed by atoms with Gasteiger partial charge in [0.15, 0.2) is 5.58 Å². The molecule has 4 heteroatoms. The van der Waals surface area contributed by atoms with Crippen LogP contribution in [-0.4, -0.2) is 15.1 Å². The van der Waals surface area contributed by atoms with Crippen molar-refractivity contribution in [3.05, 3.63) is 185 Å². The topological polar surface area (TPSA) is 59.2 Å². The van der Waals surface area contributed by atoms with Crippen LogP contribution in [0, 0.1) is 0 Å². The van der Waals surface area contributed by atoms with Crippen molar-refractivity contribution in [3.8, 4) is 50.7 Å². The third kappa shape index (κ3) is 7.72. The summed E-state index contributed by atoms with van der Waals surface area (Å²) in [5.41, 5.74) is 14.6. The number of phenols is 1. The average molecular weight is 761 g/mol. The van der Waals surface area contributed by atoms with E-state index in [1.807, 2.05) is 30.5 Å². The number of phenolic OH excluding ortho intramolecular Hbond substituents is 1. The number of benzene rings is 6. The predicted molar refractivity (Wildman–Crippen MR) is 240 cm³/mol. The molecule has 2 aromatic heterocycles. The van der Waals surface area contributed by atoms with Gasteiger partial charge in [-0.25, -0.2) is 4.98 Å². The fourth-order valence-corrected chi connectivity index (χ4v) is 7.89. The molecule has 2 heterocycles. The number of hydrogen-bond acceptors (Lipinski definition) is 4. The van der Waals surface area contributed by atoms with E-state index in [-0.39, 0.29) is 22.0 Å². The zero-order chi connectivity index (χ0) is 40.8. The van der Waals surface area contributed by atoms with Gasteiger partial charge in [0.2, 0.25) is 5.89 Å². The first kappa shape index (κ1) is 38.6. The number of aromatic nitrogens is 2. The Morgan fingerprint density at radius 1 is 0.517 bits per heavy atom. The molecule has 0 aliphatic rings. The highest BCUT2D eigenvalue weighted by molar-refractivity contribution is 5.93. The molecule has 6 aromatic carbocycles. The van der Waals surface area contributed by atoms with Gasteiger partial charge in [-0.15, -0.1) is 0 Å². The van der Waals surface area contributed by atoms with Crippen LogP contribution < -0.4 is 0 Å². The fourth-order valence-electron chi connectivity index (χ4n) is 7.89. The second-order valence-electron chi connectivity index (χ2n) is 18.2. The van der Waals surface area contributed by atoms with Gasteiger partial charge in [-0.1, -0.05) is 165 Å². The van der Waals surface area contributed by atoms with Crippen molar-refractivity contribution in [2.45, 2.75) is 78.1 Å². The van der Waals surface area contributed by atoms with Gasteiger partial charge >= 0.3 is 0 Å². The molecule has 0 aliphatic carbocycles. The monoisotopic (exact) mass is 760 g/mol. The molecule has 0 unspecified atom stereocenters. The Hall–Kier alpha value is -6.26. The SMILES string of the molecule is CC(C)(C)c1cc(-c2cc(-c3ccc(C(C)(C)c4ccccc4)cc3)ccn2)cc(-c2cccc3oc(-c4cc(Cc5ccccc5)cc(C(C)(C)C)c4O)nc23)c1. The number of hydrogen-bond donors (Lipinski definition) is 1. The molecule has 58 heavy (non-hydrogen) atoms. The molecule has 0 fully saturated rings. The lowest BCUT2D eigenvalue weighted by Gasteiger charge is -2.26. The van der Waals surface area contributed by atoms with E-state index >= 15 is 0 Å². The first-order valence-corrected chi connectivity index (χ1v) is 20.2. The minimum absolute atomic E-state index is 0.109.